The summed E-state index contributed by atoms with van der Waals surface area (Å²) in [6.45, 7) is 3.84. The van der Waals surface area contributed by atoms with E-state index in [4.69, 9.17) is 11.0 Å². The van der Waals surface area contributed by atoms with E-state index in [9.17, 15) is 0 Å². The third-order valence-corrected chi connectivity index (χ3v) is 2.67. The van der Waals surface area contributed by atoms with Crippen molar-refractivity contribution >= 4 is 5.95 Å². The molecule has 0 radical (unpaired) electrons. The van der Waals surface area contributed by atoms with Crippen LogP contribution in [0.3, 0.4) is 0 Å². The second-order valence-electron chi connectivity index (χ2n) is 3.83. The number of rotatable bonds is 1. The molecule has 1 aromatic heterocycles. The van der Waals surface area contributed by atoms with Crippen LogP contribution >= 0.6 is 0 Å². The Morgan fingerprint density at radius 2 is 2.00 bits per heavy atom. The zero-order valence-electron chi connectivity index (χ0n) is 9.73. The van der Waals surface area contributed by atoms with Gasteiger partial charge in [0, 0.05) is 11.3 Å². The van der Waals surface area contributed by atoms with Gasteiger partial charge in [0.2, 0.25) is 5.95 Å². The highest BCUT2D eigenvalue weighted by Crippen LogP contribution is 2.24. The van der Waals surface area contributed by atoms with E-state index in [-0.39, 0.29) is 5.95 Å². The topological polar surface area (TPSA) is 75.6 Å². The average molecular weight is 224 g/mol. The molecule has 4 nitrogen and oxygen atoms in total. The van der Waals surface area contributed by atoms with Crippen LogP contribution in [-0.4, -0.2) is 9.97 Å². The van der Waals surface area contributed by atoms with Crippen molar-refractivity contribution in [2.24, 2.45) is 0 Å². The molecular formula is C13H12N4. The summed E-state index contributed by atoms with van der Waals surface area (Å²) in [6.07, 6.45) is 0. The van der Waals surface area contributed by atoms with E-state index >= 15 is 0 Å². The fourth-order valence-electron chi connectivity index (χ4n) is 1.67. The molecule has 0 amide bonds. The molecule has 2 aromatic rings. The van der Waals surface area contributed by atoms with E-state index < -0.39 is 0 Å². The molecule has 0 aliphatic rings. The van der Waals surface area contributed by atoms with Gasteiger partial charge < -0.3 is 5.73 Å². The number of hydrogen-bond acceptors (Lipinski definition) is 4. The van der Waals surface area contributed by atoms with E-state index in [0.717, 1.165) is 22.5 Å². The highest BCUT2D eigenvalue weighted by atomic mass is 15.0. The van der Waals surface area contributed by atoms with Gasteiger partial charge in [-0.3, -0.25) is 0 Å². The summed E-state index contributed by atoms with van der Waals surface area (Å²) < 4.78 is 0. The molecule has 2 rings (SSSR count). The molecule has 0 bridgehead atoms. The van der Waals surface area contributed by atoms with Gasteiger partial charge in [0.05, 0.1) is 17.3 Å². The minimum absolute atomic E-state index is 0.255. The number of nitrogens with two attached hydrogens (primary N) is 1. The summed E-state index contributed by atoms with van der Waals surface area (Å²) in [6, 6.07) is 9.42. The number of nitriles is 1. The molecule has 84 valence electrons. The third kappa shape index (κ3) is 2.08. The molecule has 0 unspecified atom stereocenters. The maximum atomic E-state index is 8.88. The number of aromatic nitrogens is 2. The van der Waals surface area contributed by atoms with E-state index in [1.54, 1.807) is 12.1 Å². The summed E-state index contributed by atoms with van der Waals surface area (Å²) in [4.78, 5) is 8.34. The van der Waals surface area contributed by atoms with Gasteiger partial charge in [0.25, 0.3) is 0 Å². The van der Waals surface area contributed by atoms with E-state index in [1.165, 1.54) is 0 Å². The molecule has 4 heteroatoms. The van der Waals surface area contributed by atoms with E-state index in [1.807, 2.05) is 26.0 Å². The molecule has 2 N–H and O–H groups in total. The second kappa shape index (κ2) is 4.22. The molecule has 0 fully saturated rings. The number of anilines is 1. The van der Waals surface area contributed by atoms with Crippen LogP contribution in [0.1, 0.15) is 16.8 Å². The van der Waals surface area contributed by atoms with Crippen LogP contribution in [0.4, 0.5) is 5.95 Å². The van der Waals surface area contributed by atoms with Crippen LogP contribution in [0, 0.1) is 25.2 Å². The minimum atomic E-state index is 0.255. The predicted octanol–water partition coefficient (Wildman–Crippen LogP) is 2.21. The molecule has 0 spiro atoms. The first-order valence-electron chi connectivity index (χ1n) is 5.23. The summed E-state index contributed by atoms with van der Waals surface area (Å²) in [7, 11) is 0. The van der Waals surface area contributed by atoms with Crippen LogP contribution in [0.15, 0.2) is 24.3 Å². The minimum Gasteiger partial charge on any atom is -0.368 e. The molecular weight excluding hydrogens is 212 g/mol. The fraction of sp³-hybridized carbons (Fsp3) is 0.154. The first-order chi connectivity index (χ1) is 8.11. The van der Waals surface area contributed by atoms with E-state index in [2.05, 4.69) is 16.0 Å². The molecule has 0 aliphatic carbocycles. The Bertz CT molecular complexity index is 611. The maximum absolute atomic E-state index is 8.88. The zero-order chi connectivity index (χ0) is 12.4. The largest absolute Gasteiger partial charge is 0.368 e. The lowest BCUT2D eigenvalue weighted by Gasteiger charge is -2.08. The van der Waals surface area contributed by atoms with Gasteiger partial charge in [-0.25, -0.2) is 9.97 Å². The lowest BCUT2D eigenvalue weighted by atomic mass is 10.0. The molecule has 0 saturated heterocycles. The van der Waals surface area contributed by atoms with Gasteiger partial charge in [-0.1, -0.05) is 12.1 Å². The average Bonchev–Trinajstić information content (AvgIpc) is 2.34. The Balaban J connectivity index is 2.64. The van der Waals surface area contributed by atoms with Gasteiger partial charge in [-0.05, 0) is 31.5 Å². The first kappa shape index (κ1) is 11.1. The van der Waals surface area contributed by atoms with Crippen LogP contribution < -0.4 is 5.73 Å². The highest BCUT2D eigenvalue weighted by molar-refractivity contribution is 5.66. The van der Waals surface area contributed by atoms with Crippen LogP contribution in [0.25, 0.3) is 11.3 Å². The molecule has 17 heavy (non-hydrogen) atoms. The zero-order valence-corrected chi connectivity index (χ0v) is 9.73. The van der Waals surface area contributed by atoms with Crippen molar-refractivity contribution in [1.29, 1.82) is 5.26 Å². The standard InChI is InChI=1S/C13H12N4/c1-8-9(2)16-13(15)17-12(8)11-5-3-4-10(6-11)7-14/h3-6H,1-2H3,(H2,15,16,17). The lowest BCUT2D eigenvalue weighted by molar-refractivity contribution is 1.08. The quantitative estimate of drug-likeness (QED) is 0.805. The van der Waals surface area contributed by atoms with Crippen LogP contribution in [0.5, 0.6) is 0 Å². The number of nitrogen functional groups attached to an aromatic ring is 1. The van der Waals surface area contributed by atoms with Crippen LogP contribution in [0.2, 0.25) is 0 Å². The molecule has 1 heterocycles. The Kier molecular flexibility index (Phi) is 2.75. The van der Waals surface area contributed by atoms with Gasteiger partial charge in [0.1, 0.15) is 0 Å². The van der Waals surface area contributed by atoms with E-state index in [0.29, 0.717) is 5.56 Å². The van der Waals surface area contributed by atoms with Gasteiger partial charge >= 0.3 is 0 Å². The summed E-state index contributed by atoms with van der Waals surface area (Å²) in [5, 5.41) is 8.88. The van der Waals surface area contributed by atoms with Gasteiger partial charge in [-0.15, -0.1) is 0 Å². The Labute approximate surface area is 99.8 Å². The number of aryl methyl sites for hydroxylation is 1. The first-order valence-corrected chi connectivity index (χ1v) is 5.23. The number of hydrogen-bond donors (Lipinski definition) is 1. The number of benzene rings is 1. The fourth-order valence-corrected chi connectivity index (χ4v) is 1.67. The highest BCUT2D eigenvalue weighted by Gasteiger charge is 2.09. The number of nitrogens with zero attached hydrogens (tertiary/aromatic N) is 3. The summed E-state index contributed by atoms with van der Waals surface area (Å²) in [5.41, 5.74) is 9.77. The third-order valence-electron chi connectivity index (χ3n) is 2.67. The normalized spacial score (nSPS) is 9.94. The molecule has 0 atom stereocenters. The molecule has 0 saturated carbocycles. The van der Waals surface area contributed by atoms with Crippen molar-refractivity contribution in [2.45, 2.75) is 13.8 Å². The van der Waals surface area contributed by atoms with Crippen molar-refractivity contribution in [2.75, 3.05) is 5.73 Å². The molecule has 1 aromatic carbocycles. The smallest absolute Gasteiger partial charge is 0.220 e. The second-order valence-corrected chi connectivity index (χ2v) is 3.83. The Morgan fingerprint density at radius 1 is 1.24 bits per heavy atom. The maximum Gasteiger partial charge on any atom is 0.220 e. The monoisotopic (exact) mass is 224 g/mol. The summed E-state index contributed by atoms with van der Waals surface area (Å²) >= 11 is 0. The Hall–Kier alpha value is -2.41. The summed E-state index contributed by atoms with van der Waals surface area (Å²) in [5.74, 6) is 0.255. The van der Waals surface area contributed by atoms with Crippen molar-refractivity contribution in [1.82, 2.24) is 9.97 Å². The SMILES string of the molecule is Cc1nc(N)nc(-c2cccc(C#N)c2)c1C. The lowest BCUT2D eigenvalue weighted by Crippen LogP contribution is -2.02. The van der Waals surface area contributed by atoms with Gasteiger partial charge in [-0.2, -0.15) is 5.26 Å². The van der Waals surface area contributed by atoms with Crippen LogP contribution in [-0.2, 0) is 0 Å². The predicted molar refractivity (Wildman–Crippen MR) is 66.1 cm³/mol. The van der Waals surface area contributed by atoms with Crippen molar-refractivity contribution in [3.63, 3.8) is 0 Å². The van der Waals surface area contributed by atoms with Crippen molar-refractivity contribution in [3.05, 3.63) is 41.1 Å². The van der Waals surface area contributed by atoms with Gasteiger partial charge in [0.15, 0.2) is 0 Å². The Morgan fingerprint density at radius 3 is 2.71 bits per heavy atom. The van der Waals surface area contributed by atoms with Crippen molar-refractivity contribution < 1.29 is 0 Å². The molecule has 0 aliphatic heterocycles. The van der Waals surface area contributed by atoms with Crippen molar-refractivity contribution in [3.8, 4) is 17.3 Å².